The van der Waals surface area contributed by atoms with Gasteiger partial charge in [-0.2, -0.15) is 0 Å². The standard InChI is InChI=1S/C25H31BrO7/c1-13(27)32-12-21(30)25(31)8-6-17-16-10-19(26)18-9-15(29)5-7-23(18,3)22(16)20(33-14(2)28)11-24(17,25)4/h5,7,9,16-17,19-20,22,31H,6,8,10-12H2,1-4H3. The number of carbonyl (C=O) groups excluding carboxylic acids is 4. The molecule has 0 amide bonds. The van der Waals surface area contributed by atoms with E-state index in [0.29, 0.717) is 19.3 Å². The predicted molar refractivity (Wildman–Crippen MR) is 122 cm³/mol. The van der Waals surface area contributed by atoms with Crippen LogP contribution in [0.3, 0.4) is 0 Å². The molecule has 0 heterocycles. The van der Waals surface area contributed by atoms with Gasteiger partial charge in [0.05, 0.1) is 0 Å². The number of ketones is 2. The molecular formula is C25H31BrO7. The van der Waals surface area contributed by atoms with Crippen LogP contribution in [0.15, 0.2) is 23.8 Å². The van der Waals surface area contributed by atoms with Crippen LogP contribution in [0.2, 0.25) is 0 Å². The van der Waals surface area contributed by atoms with Crippen LogP contribution in [0.1, 0.15) is 53.4 Å². The van der Waals surface area contributed by atoms with Crippen molar-refractivity contribution >= 4 is 39.4 Å². The number of hydrogen-bond acceptors (Lipinski definition) is 7. The van der Waals surface area contributed by atoms with Crippen LogP contribution in [0.25, 0.3) is 0 Å². The molecule has 0 aromatic heterocycles. The molecule has 8 atom stereocenters. The number of ether oxygens (including phenoxy) is 2. The Balaban J connectivity index is 1.77. The van der Waals surface area contributed by atoms with Crippen LogP contribution in [0.4, 0.5) is 0 Å². The van der Waals surface area contributed by atoms with E-state index in [4.69, 9.17) is 9.47 Å². The molecule has 4 aliphatic carbocycles. The predicted octanol–water partition coefficient (Wildman–Crippen LogP) is 3.07. The number of rotatable bonds is 4. The maximum atomic E-state index is 13.1. The van der Waals surface area contributed by atoms with E-state index in [-0.39, 0.29) is 34.8 Å². The first kappa shape index (κ1) is 24.3. The number of alkyl halides is 1. The lowest BCUT2D eigenvalue weighted by molar-refractivity contribution is -0.192. The van der Waals surface area contributed by atoms with Gasteiger partial charge < -0.3 is 14.6 Å². The van der Waals surface area contributed by atoms with Gasteiger partial charge in [0, 0.05) is 35.4 Å². The molecule has 8 unspecified atom stereocenters. The first-order valence-corrected chi connectivity index (χ1v) is 12.4. The lowest BCUT2D eigenvalue weighted by atomic mass is 9.46. The minimum atomic E-state index is -1.67. The van der Waals surface area contributed by atoms with E-state index in [1.54, 1.807) is 12.2 Å². The third-order valence-electron chi connectivity index (χ3n) is 8.79. The molecule has 7 nitrogen and oxygen atoms in total. The van der Waals surface area contributed by atoms with Crippen molar-refractivity contribution in [2.45, 2.75) is 69.9 Å². The van der Waals surface area contributed by atoms with E-state index in [9.17, 15) is 24.3 Å². The molecule has 0 spiro atoms. The van der Waals surface area contributed by atoms with Crippen molar-refractivity contribution in [1.29, 1.82) is 0 Å². The lowest BCUT2D eigenvalue weighted by Crippen LogP contribution is -2.63. The molecule has 3 saturated carbocycles. The third-order valence-corrected chi connectivity index (χ3v) is 9.66. The molecule has 180 valence electrons. The molecule has 0 bridgehead atoms. The largest absolute Gasteiger partial charge is 0.462 e. The van der Waals surface area contributed by atoms with Crippen LogP contribution in [-0.2, 0) is 28.7 Å². The fourth-order valence-corrected chi connectivity index (χ4v) is 8.43. The van der Waals surface area contributed by atoms with Crippen molar-refractivity contribution in [3.05, 3.63) is 23.8 Å². The quantitative estimate of drug-likeness (QED) is 0.446. The zero-order valence-corrected chi connectivity index (χ0v) is 21.0. The van der Waals surface area contributed by atoms with Crippen molar-refractivity contribution in [2.75, 3.05) is 6.61 Å². The van der Waals surface area contributed by atoms with Crippen LogP contribution >= 0.6 is 15.9 Å². The van der Waals surface area contributed by atoms with Gasteiger partial charge in [-0.25, -0.2) is 0 Å². The summed E-state index contributed by atoms with van der Waals surface area (Å²) in [4.78, 5) is 48.6. The maximum Gasteiger partial charge on any atom is 0.303 e. The molecule has 0 radical (unpaired) electrons. The Morgan fingerprint density at radius 2 is 1.91 bits per heavy atom. The summed E-state index contributed by atoms with van der Waals surface area (Å²) in [6.07, 6.45) is 6.60. The molecular weight excluding hydrogens is 492 g/mol. The molecule has 1 N–H and O–H groups in total. The van der Waals surface area contributed by atoms with Gasteiger partial charge in [0.2, 0.25) is 5.78 Å². The highest BCUT2D eigenvalue weighted by Crippen LogP contribution is 2.68. The Morgan fingerprint density at radius 1 is 1.21 bits per heavy atom. The van der Waals surface area contributed by atoms with Gasteiger partial charge in [0.1, 0.15) is 11.7 Å². The second-order valence-corrected chi connectivity index (χ2v) is 11.6. The summed E-state index contributed by atoms with van der Waals surface area (Å²) in [5.41, 5.74) is -2.02. The van der Waals surface area contributed by atoms with E-state index >= 15 is 0 Å². The number of halogens is 1. The Labute approximate surface area is 202 Å². The Kier molecular flexibility index (Phi) is 6.01. The van der Waals surface area contributed by atoms with E-state index in [2.05, 4.69) is 22.9 Å². The zero-order chi connectivity index (χ0) is 24.3. The number of esters is 2. The molecule has 0 saturated heterocycles. The van der Waals surface area contributed by atoms with Crippen LogP contribution < -0.4 is 0 Å². The first-order chi connectivity index (χ1) is 15.3. The van der Waals surface area contributed by atoms with E-state index in [1.807, 2.05) is 13.0 Å². The minimum absolute atomic E-state index is 0.00467. The van der Waals surface area contributed by atoms with E-state index in [1.165, 1.54) is 13.8 Å². The second kappa shape index (κ2) is 8.15. The summed E-state index contributed by atoms with van der Waals surface area (Å²) in [7, 11) is 0. The van der Waals surface area contributed by atoms with Crippen molar-refractivity contribution in [1.82, 2.24) is 0 Å². The smallest absolute Gasteiger partial charge is 0.303 e. The Hall–Kier alpha value is -1.80. The van der Waals surface area contributed by atoms with Crippen molar-refractivity contribution in [2.24, 2.45) is 28.6 Å². The Morgan fingerprint density at radius 3 is 2.55 bits per heavy atom. The lowest BCUT2D eigenvalue weighted by Gasteiger charge is -2.60. The molecule has 4 aliphatic rings. The number of hydrogen-bond donors (Lipinski definition) is 1. The molecule has 33 heavy (non-hydrogen) atoms. The minimum Gasteiger partial charge on any atom is -0.462 e. The first-order valence-electron chi connectivity index (χ1n) is 11.5. The molecule has 8 heteroatoms. The molecule has 0 aliphatic heterocycles. The molecule has 4 rings (SSSR count). The monoisotopic (exact) mass is 522 g/mol. The highest BCUT2D eigenvalue weighted by atomic mass is 79.9. The topological polar surface area (TPSA) is 107 Å². The normalized spacial score (nSPS) is 43.6. The Bertz CT molecular complexity index is 970. The highest BCUT2D eigenvalue weighted by Gasteiger charge is 2.69. The summed E-state index contributed by atoms with van der Waals surface area (Å²) < 4.78 is 10.8. The van der Waals surface area contributed by atoms with Gasteiger partial charge in [0.15, 0.2) is 12.4 Å². The third kappa shape index (κ3) is 3.64. The van der Waals surface area contributed by atoms with Crippen molar-refractivity contribution in [3.63, 3.8) is 0 Å². The van der Waals surface area contributed by atoms with Gasteiger partial charge in [-0.3, -0.25) is 19.2 Å². The number of Topliss-reactive ketones (excluding diaryl/α,β-unsaturated/α-hetero) is 1. The number of aliphatic hydroxyl groups is 1. The van der Waals surface area contributed by atoms with E-state index < -0.39 is 46.9 Å². The van der Waals surface area contributed by atoms with Crippen molar-refractivity contribution in [3.8, 4) is 0 Å². The summed E-state index contributed by atoms with van der Waals surface area (Å²) in [6, 6.07) is 0. The molecule has 3 fully saturated rings. The van der Waals surface area contributed by atoms with Crippen LogP contribution in [0, 0.1) is 28.6 Å². The average Bonchev–Trinajstić information content (AvgIpc) is 2.98. The van der Waals surface area contributed by atoms with Crippen LogP contribution in [-0.4, -0.2) is 51.8 Å². The number of carbonyl (C=O) groups is 4. The molecule has 0 aromatic rings. The second-order valence-electron chi connectivity index (χ2n) is 10.5. The number of allylic oxidation sites excluding steroid dienone is 4. The van der Waals surface area contributed by atoms with Gasteiger partial charge in [-0.05, 0) is 55.2 Å². The van der Waals surface area contributed by atoms with Gasteiger partial charge in [0.25, 0.3) is 0 Å². The fraction of sp³-hybridized carbons (Fsp3) is 0.680. The SMILES string of the molecule is CC(=O)OCC(=O)C1(O)CCC2C3CC(Br)C4=CC(=O)C=CC4(C)C3C(OC(C)=O)CC21C. The van der Waals surface area contributed by atoms with Gasteiger partial charge >= 0.3 is 11.9 Å². The number of fused-ring (bicyclic) bond motifs is 5. The maximum absolute atomic E-state index is 13.1. The molecule has 0 aromatic carbocycles. The highest BCUT2D eigenvalue weighted by molar-refractivity contribution is 9.09. The fourth-order valence-electron chi connectivity index (χ4n) is 7.37. The van der Waals surface area contributed by atoms with Gasteiger partial charge in [-0.15, -0.1) is 0 Å². The average molecular weight is 523 g/mol. The summed E-state index contributed by atoms with van der Waals surface area (Å²) >= 11 is 3.79. The van der Waals surface area contributed by atoms with Crippen molar-refractivity contribution < 1.29 is 33.8 Å². The van der Waals surface area contributed by atoms with Gasteiger partial charge in [-0.1, -0.05) is 35.9 Å². The zero-order valence-electron chi connectivity index (χ0n) is 19.4. The summed E-state index contributed by atoms with van der Waals surface area (Å²) in [5.74, 6) is -1.59. The summed E-state index contributed by atoms with van der Waals surface area (Å²) in [6.45, 7) is 6.10. The van der Waals surface area contributed by atoms with Crippen LogP contribution in [0.5, 0.6) is 0 Å². The van der Waals surface area contributed by atoms with E-state index in [0.717, 1.165) is 5.57 Å². The summed E-state index contributed by atoms with van der Waals surface area (Å²) in [5, 5.41) is 11.7.